The average molecular weight is 96.1 g/mol. The van der Waals surface area contributed by atoms with Gasteiger partial charge in [-0.25, -0.2) is 0 Å². The minimum Gasteiger partial charge on any atom is -0.325 e. The number of hydrogen-bond donors (Lipinski definition) is 1. The van der Waals surface area contributed by atoms with Crippen molar-refractivity contribution in [3.05, 3.63) is 12.3 Å². The normalized spacial score (nSPS) is 19.1. The zero-order valence-corrected chi connectivity index (χ0v) is 3.90. The van der Waals surface area contributed by atoms with Crippen LogP contribution in [0.15, 0.2) is 6.08 Å². The van der Waals surface area contributed by atoms with Crippen molar-refractivity contribution < 1.29 is 4.79 Å². The highest BCUT2D eigenvalue weighted by Crippen LogP contribution is 1.93. The molecule has 0 saturated carbocycles. The molecule has 0 aromatic carbocycles. The second-order valence-electron chi connectivity index (χ2n) is 1.44. The maximum atomic E-state index is 10.3. The van der Waals surface area contributed by atoms with Crippen molar-refractivity contribution in [3.63, 3.8) is 0 Å². The quantitative estimate of drug-likeness (QED) is 0.459. The number of rotatable bonds is 0. The van der Waals surface area contributed by atoms with Crippen LogP contribution in [0.1, 0.15) is 12.8 Å². The van der Waals surface area contributed by atoms with Gasteiger partial charge in [-0.1, -0.05) is 6.08 Å². The molecule has 0 aliphatic carbocycles. The summed E-state index contributed by atoms with van der Waals surface area (Å²) in [6.45, 7) is 0. The molecule has 1 amide bonds. The Bertz CT molecular complexity index is 107. The van der Waals surface area contributed by atoms with E-state index in [0.29, 0.717) is 6.42 Å². The SMILES string of the molecule is O=C1CCC=[C]N1. The Morgan fingerprint density at radius 3 is 3.00 bits per heavy atom. The molecule has 0 saturated heterocycles. The summed E-state index contributed by atoms with van der Waals surface area (Å²) in [5, 5.41) is 2.44. The fraction of sp³-hybridized carbons (Fsp3) is 0.400. The van der Waals surface area contributed by atoms with Crippen LogP contribution in [0.3, 0.4) is 0 Å². The predicted molar refractivity (Wildman–Crippen MR) is 25.2 cm³/mol. The van der Waals surface area contributed by atoms with Crippen LogP contribution in [0.25, 0.3) is 0 Å². The number of carbonyl (C=O) groups excluding carboxylic acids is 1. The summed E-state index contributed by atoms with van der Waals surface area (Å²) < 4.78 is 0. The van der Waals surface area contributed by atoms with Crippen LogP contribution < -0.4 is 5.32 Å². The Morgan fingerprint density at radius 2 is 2.71 bits per heavy atom. The molecule has 2 heteroatoms. The molecule has 1 rings (SSSR count). The van der Waals surface area contributed by atoms with Gasteiger partial charge >= 0.3 is 0 Å². The van der Waals surface area contributed by atoms with Gasteiger partial charge in [0.1, 0.15) is 0 Å². The van der Waals surface area contributed by atoms with Gasteiger partial charge in [0.25, 0.3) is 0 Å². The molecule has 0 aromatic rings. The number of allylic oxidation sites excluding steroid dienone is 1. The van der Waals surface area contributed by atoms with Crippen LogP contribution in [-0.2, 0) is 4.79 Å². The van der Waals surface area contributed by atoms with Crippen molar-refractivity contribution in [3.8, 4) is 0 Å². The summed E-state index contributed by atoms with van der Waals surface area (Å²) in [6, 6.07) is 0. The topological polar surface area (TPSA) is 29.1 Å². The van der Waals surface area contributed by atoms with Crippen LogP contribution >= 0.6 is 0 Å². The summed E-state index contributed by atoms with van der Waals surface area (Å²) >= 11 is 0. The Kier molecular flexibility index (Phi) is 1.11. The number of hydrogen-bond acceptors (Lipinski definition) is 1. The van der Waals surface area contributed by atoms with Crippen LogP contribution in [0, 0.1) is 6.20 Å². The predicted octanol–water partition coefficient (Wildman–Crippen LogP) is 0.213. The lowest BCUT2D eigenvalue weighted by Crippen LogP contribution is -2.19. The summed E-state index contributed by atoms with van der Waals surface area (Å²) in [5.41, 5.74) is 0. The van der Waals surface area contributed by atoms with E-state index < -0.39 is 0 Å². The lowest BCUT2D eigenvalue weighted by atomic mass is 10.2. The van der Waals surface area contributed by atoms with E-state index in [2.05, 4.69) is 11.5 Å². The third-order valence-electron chi connectivity index (χ3n) is 0.829. The minimum atomic E-state index is 0.0718. The highest BCUT2D eigenvalue weighted by Gasteiger charge is 1.99. The Labute approximate surface area is 42.2 Å². The van der Waals surface area contributed by atoms with Crippen molar-refractivity contribution in [1.82, 2.24) is 5.32 Å². The Morgan fingerprint density at radius 1 is 1.86 bits per heavy atom. The molecule has 0 atom stereocenters. The van der Waals surface area contributed by atoms with Crippen molar-refractivity contribution in [2.75, 3.05) is 0 Å². The van der Waals surface area contributed by atoms with Gasteiger partial charge in [-0.05, 0) is 6.42 Å². The van der Waals surface area contributed by atoms with E-state index in [9.17, 15) is 4.79 Å². The Hall–Kier alpha value is -0.790. The maximum Gasteiger partial charge on any atom is 0.224 e. The minimum absolute atomic E-state index is 0.0718. The van der Waals surface area contributed by atoms with Crippen LogP contribution in [-0.4, -0.2) is 5.91 Å². The second kappa shape index (κ2) is 1.78. The molecule has 0 unspecified atom stereocenters. The van der Waals surface area contributed by atoms with Crippen LogP contribution in [0.5, 0.6) is 0 Å². The highest BCUT2D eigenvalue weighted by atomic mass is 16.1. The van der Waals surface area contributed by atoms with Crippen molar-refractivity contribution in [1.29, 1.82) is 0 Å². The van der Waals surface area contributed by atoms with Crippen LogP contribution in [0.2, 0.25) is 0 Å². The third kappa shape index (κ3) is 1.03. The molecule has 1 aliphatic heterocycles. The molecule has 1 radical (unpaired) electrons. The molecule has 0 spiro atoms. The van der Waals surface area contributed by atoms with Crippen molar-refractivity contribution in [2.24, 2.45) is 0 Å². The van der Waals surface area contributed by atoms with Gasteiger partial charge in [-0.2, -0.15) is 0 Å². The summed E-state index contributed by atoms with van der Waals surface area (Å²) in [4.78, 5) is 10.3. The second-order valence-corrected chi connectivity index (χ2v) is 1.44. The first-order chi connectivity index (χ1) is 3.39. The van der Waals surface area contributed by atoms with E-state index >= 15 is 0 Å². The summed E-state index contributed by atoms with van der Waals surface area (Å²) in [5.74, 6) is 0.0718. The van der Waals surface area contributed by atoms with Gasteiger partial charge in [0.05, 0.1) is 6.20 Å². The molecule has 1 heterocycles. The fourth-order valence-corrected chi connectivity index (χ4v) is 0.469. The lowest BCUT2D eigenvalue weighted by Gasteiger charge is -1.99. The first kappa shape index (κ1) is 4.37. The van der Waals surface area contributed by atoms with E-state index in [1.807, 2.05) is 6.08 Å². The largest absolute Gasteiger partial charge is 0.325 e. The molecule has 37 valence electrons. The molecule has 0 bridgehead atoms. The van der Waals surface area contributed by atoms with Gasteiger partial charge in [0.15, 0.2) is 0 Å². The zero-order chi connectivity index (χ0) is 5.11. The first-order valence-electron chi connectivity index (χ1n) is 2.25. The maximum absolute atomic E-state index is 10.3. The molecule has 1 N–H and O–H groups in total. The van der Waals surface area contributed by atoms with E-state index in [4.69, 9.17) is 0 Å². The van der Waals surface area contributed by atoms with Crippen molar-refractivity contribution in [2.45, 2.75) is 12.8 Å². The van der Waals surface area contributed by atoms with Gasteiger partial charge < -0.3 is 5.32 Å². The van der Waals surface area contributed by atoms with E-state index in [-0.39, 0.29) is 5.91 Å². The number of amides is 1. The van der Waals surface area contributed by atoms with E-state index in [1.54, 1.807) is 0 Å². The van der Waals surface area contributed by atoms with Crippen molar-refractivity contribution >= 4 is 5.91 Å². The highest BCUT2D eigenvalue weighted by molar-refractivity contribution is 5.77. The fourth-order valence-electron chi connectivity index (χ4n) is 0.469. The van der Waals surface area contributed by atoms with E-state index in [1.165, 1.54) is 0 Å². The molecular formula is C5H6NO. The number of carbonyl (C=O) groups is 1. The van der Waals surface area contributed by atoms with Gasteiger partial charge in [0, 0.05) is 6.42 Å². The first-order valence-corrected chi connectivity index (χ1v) is 2.25. The summed E-state index contributed by atoms with van der Waals surface area (Å²) in [6.07, 6.45) is 5.89. The Balaban J connectivity index is 2.47. The number of nitrogens with one attached hydrogen (secondary N) is 1. The lowest BCUT2D eigenvalue weighted by molar-refractivity contribution is -0.120. The zero-order valence-electron chi connectivity index (χ0n) is 3.90. The van der Waals surface area contributed by atoms with Gasteiger partial charge in [-0.15, -0.1) is 0 Å². The van der Waals surface area contributed by atoms with Crippen LogP contribution in [0.4, 0.5) is 0 Å². The van der Waals surface area contributed by atoms with Gasteiger partial charge in [0.2, 0.25) is 5.91 Å². The third-order valence-corrected chi connectivity index (χ3v) is 0.829. The monoisotopic (exact) mass is 96.0 g/mol. The molecule has 0 aromatic heterocycles. The summed E-state index contributed by atoms with van der Waals surface area (Å²) in [7, 11) is 0. The smallest absolute Gasteiger partial charge is 0.224 e. The molecular weight excluding hydrogens is 90.1 g/mol. The molecule has 7 heavy (non-hydrogen) atoms. The van der Waals surface area contributed by atoms with Gasteiger partial charge in [-0.3, -0.25) is 4.79 Å². The standard InChI is InChI=1S/C5H6NO/c7-5-3-1-2-4-6-5/h2H,1,3H2,(H,6,7). The van der Waals surface area contributed by atoms with E-state index in [0.717, 1.165) is 6.42 Å². The molecule has 1 aliphatic rings. The average Bonchev–Trinajstić information content (AvgIpc) is 1.69. The molecule has 2 nitrogen and oxygen atoms in total. The molecule has 0 fully saturated rings.